The Morgan fingerprint density at radius 3 is 2.85 bits per heavy atom. The minimum Gasteiger partial charge on any atom is -0.306 e. The Morgan fingerprint density at radius 1 is 1.40 bits per heavy atom. The highest BCUT2D eigenvalue weighted by molar-refractivity contribution is 6.08. The molecule has 0 radical (unpaired) electrons. The van der Waals surface area contributed by atoms with Gasteiger partial charge in [-0.15, -0.1) is 5.10 Å². The second-order valence-electron chi connectivity index (χ2n) is 4.65. The number of aromatic nitrogens is 2. The van der Waals surface area contributed by atoms with Crippen LogP contribution in [0.5, 0.6) is 0 Å². The Bertz CT molecular complexity index is 680. The fraction of sp³-hybridized carbons (Fsp3) is 0.333. The van der Waals surface area contributed by atoms with Gasteiger partial charge in [0.2, 0.25) is 11.4 Å². The van der Waals surface area contributed by atoms with Gasteiger partial charge in [-0.3, -0.25) is 19.7 Å². The zero-order valence-electron chi connectivity index (χ0n) is 10.3. The highest BCUT2D eigenvalue weighted by Crippen LogP contribution is 2.32. The Balaban J connectivity index is 2.01. The van der Waals surface area contributed by atoms with E-state index in [0.717, 1.165) is 4.90 Å². The summed E-state index contributed by atoms with van der Waals surface area (Å²) in [7, 11) is 0. The molecule has 8 nitrogen and oxygen atoms in total. The first-order valence-electron chi connectivity index (χ1n) is 5.96. The third-order valence-corrected chi connectivity index (χ3v) is 3.57. The molecule has 1 unspecified atom stereocenters. The molecule has 1 N–H and O–H groups in total. The summed E-state index contributed by atoms with van der Waals surface area (Å²) >= 11 is 0. The van der Waals surface area contributed by atoms with Crippen LogP contribution in [0.1, 0.15) is 28.9 Å². The molecule has 0 bridgehead atoms. The van der Waals surface area contributed by atoms with Crippen molar-refractivity contribution in [2.24, 2.45) is 0 Å². The van der Waals surface area contributed by atoms with Crippen molar-refractivity contribution in [3.63, 3.8) is 0 Å². The maximum atomic E-state index is 12.3. The number of hydrogen-bond acceptors (Lipinski definition) is 6. The van der Waals surface area contributed by atoms with Gasteiger partial charge in [-0.1, -0.05) is 0 Å². The lowest BCUT2D eigenvalue weighted by molar-refractivity contribution is -0.140. The van der Waals surface area contributed by atoms with Crippen molar-refractivity contribution in [3.05, 3.63) is 23.5 Å². The summed E-state index contributed by atoms with van der Waals surface area (Å²) in [6, 6.07) is 3.51. The summed E-state index contributed by atoms with van der Waals surface area (Å²) in [5, 5.41) is 18.9. The van der Waals surface area contributed by atoms with Crippen molar-refractivity contribution in [1.29, 1.82) is 5.26 Å². The number of carbonyl (C=O) groups excluding carboxylic acids is 3. The third kappa shape index (κ3) is 1.50. The highest BCUT2D eigenvalue weighted by atomic mass is 16.2. The van der Waals surface area contributed by atoms with Gasteiger partial charge in [0.25, 0.3) is 11.8 Å². The van der Waals surface area contributed by atoms with E-state index in [0.29, 0.717) is 5.56 Å². The van der Waals surface area contributed by atoms with Crippen molar-refractivity contribution in [2.45, 2.75) is 24.9 Å². The normalized spacial score (nSPS) is 25.1. The number of nitrogens with one attached hydrogen (secondary N) is 1. The first kappa shape index (κ1) is 12.2. The van der Waals surface area contributed by atoms with Crippen LogP contribution in [-0.4, -0.2) is 38.4 Å². The maximum absolute atomic E-state index is 12.3. The molecule has 0 saturated carbocycles. The summed E-state index contributed by atoms with van der Waals surface area (Å²) in [4.78, 5) is 36.7. The molecule has 2 aliphatic rings. The fourth-order valence-corrected chi connectivity index (χ4v) is 2.47. The first-order chi connectivity index (χ1) is 9.58. The van der Waals surface area contributed by atoms with Gasteiger partial charge in [0.1, 0.15) is 6.07 Å². The van der Waals surface area contributed by atoms with E-state index in [1.807, 2.05) is 6.07 Å². The van der Waals surface area contributed by atoms with Gasteiger partial charge in [0.05, 0.1) is 6.54 Å². The SMILES string of the molecule is N#CC1(N2Cc3ccnnc3C2=O)CCC(=O)NC1=O. The quantitative estimate of drug-likeness (QED) is 0.664. The van der Waals surface area contributed by atoms with Gasteiger partial charge < -0.3 is 4.90 Å². The lowest BCUT2D eigenvalue weighted by Gasteiger charge is -2.36. The molecule has 1 fully saturated rings. The van der Waals surface area contributed by atoms with Crippen LogP contribution in [-0.2, 0) is 16.1 Å². The fourth-order valence-electron chi connectivity index (χ4n) is 2.47. The van der Waals surface area contributed by atoms with Gasteiger partial charge in [-0.05, 0) is 6.07 Å². The Labute approximate surface area is 113 Å². The zero-order valence-corrected chi connectivity index (χ0v) is 10.3. The zero-order chi connectivity index (χ0) is 14.3. The van der Waals surface area contributed by atoms with Crippen LogP contribution < -0.4 is 5.32 Å². The number of imide groups is 1. The highest BCUT2D eigenvalue weighted by Gasteiger charge is 2.53. The second-order valence-corrected chi connectivity index (χ2v) is 4.65. The van der Waals surface area contributed by atoms with E-state index in [-0.39, 0.29) is 25.1 Å². The molecule has 3 rings (SSSR count). The van der Waals surface area contributed by atoms with Crippen molar-refractivity contribution < 1.29 is 14.4 Å². The summed E-state index contributed by atoms with van der Waals surface area (Å²) in [6.07, 6.45) is 1.45. The van der Waals surface area contributed by atoms with Crippen LogP contribution in [0.3, 0.4) is 0 Å². The van der Waals surface area contributed by atoms with Crippen LogP contribution in [0.4, 0.5) is 0 Å². The van der Waals surface area contributed by atoms with Gasteiger partial charge in [0.15, 0.2) is 5.69 Å². The molecule has 2 aliphatic heterocycles. The van der Waals surface area contributed by atoms with E-state index < -0.39 is 23.3 Å². The van der Waals surface area contributed by atoms with E-state index in [1.165, 1.54) is 6.20 Å². The van der Waals surface area contributed by atoms with Gasteiger partial charge in [-0.25, -0.2) is 0 Å². The molecule has 0 aliphatic carbocycles. The largest absolute Gasteiger partial charge is 0.306 e. The van der Waals surface area contributed by atoms with E-state index in [1.54, 1.807) is 6.07 Å². The Hall–Kier alpha value is -2.82. The Kier molecular flexibility index (Phi) is 2.50. The second kappa shape index (κ2) is 4.09. The minimum absolute atomic E-state index is 0.0126. The molecule has 0 aromatic carbocycles. The standard InChI is InChI=1S/C12H9N5O3/c13-6-12(3-1-8(18)15-11(12)20)17-5-7-2-4-14-16-9(7)10(17)19/h2,4H,1,3,5H2,(H,15,18,20). The summed E-state index contributed by atoms with van der Waals surface area (Å²) < 4.78 is 0. The van der Waals surface area contributed by atoms with Crippen LogP contribution in [0.25, 0.3) is 0 Å². The number of rotatable bonds is 1. The minimum atomic E-state index is -1.66. The molecule has 8 heteroatoms. The third-order valence-electron chi connectivity index (χ3n) is 3.57. The summed E-state index contributed by atoms with van der Waals surface area (Å²) in [5.41, 5.74) is -0.901. The van der Waals surface area contributed by atoms with Crippen molar-refractivity contribution in [2.75, 3.05) is 0 Å². The van der Waals surface area contributed by atoms with E-state index in [4.69, 9.17) is 0 Å². The summed E-state index contributed by atoms with van der Waals surface area (Å²) in [6.45, 7) is 0.110. The molecule has 0 spiro atoms. The van der Waals surface area contributed by atoms with E-state index >= 15 is 0 Å². The van der Waals surface area contributed by atoms with Crippen LogP contribution in [0, 0.1) is 11.3 Å². The van der Waals surface area contributed by atoms with E-state index in [9.17, 15) is 19.6 Å². The number of piperidine rings is 1. The molecule has 3 heterocycles. The first-order valence-corrected chi connectivity index (χ1v) is 5.96. The van der Waals surface area contributed by atoms with Crippen molar-refractivity contribution >= 4 is 17.7 Å². The molecule has 3 amide bonds. The number of carbonyl (C=O) groups is 3. The monoisotopic (exact) mass is 271 g/mol. The summed E-state index contributed by atoms with van der Waals surface area (Å²) in [5.74, 6) is -1.71. The van der Waals surface area contributed by atoms with Gasteiger partial charge >= 0.3 is 0 Å². The predicted octanol–water partition coefficient (Wildman–Crippen LogP) is -0.869. The maximum Gasteiger partial charge on any atom is 0.276 e. The van der Waals surface area contributed by atoms with Crippen molar-refractivity contribution in [3.8, 4) is 6.07 Å². The number of nitriles is 1. The van der Waals surface area contributed by atoms with Crippen LogP contribution >= 0.6 is 0 Å². The topological polar surface area (TPSA) is 116 Å². The van der Waals surface area contributed by atoms with Crippen LogP contribution in [0.2, 0.25) is 0 Å². The average molecular weight is 271 g/mol. The number of nitrogens with zero attached hydrogens (tertiary/aromatic N) is 4. The molecule has 1 saturated heterocycles. The molecule has 20 heavy (non-hydrogen) atoms. The molecule has 1 aromatic heterocycles. The molecule has 1 aromatic rings. The van der Waals surface area contributed by atoms with Crippen molar-refractivity contribution in [1.82, 2.24) is 20.4 Å². The molecular weight excluding hydrogens is 262 g/mol. The lowest BCUT2D eigenvalue weighted by Crippen LogP contribution is -2.62. The number of amides is 3. The Morgan fingerprint density at radius 2 is 2.20 bits per heavy atom. The van der Waals surface area contributed by atoms with Gasteiger partial charge in [-0.2, -0.15) is 10.4 Å². The molecular formula is C12H9N5O3. The average Bonchev–Trinajstić information content (AvgIpc) is 2.78. The van der Waals surface area contributed by atoms with E-state index in [2.05, 4.69) is 15.5 Å². The molecule has 100 valence electrons. The predicted molar refractivity (Wildman–Crippen MR) is 62.6 cm³/mol. The lowest BCUT2D eigenvalue weighted by atomic mass is 9.88. The number of fused-ring (bicyclic) bond motifs is 1. The number of hydrogen-bond donors (Lipinski definition) is 1. The molecule has 1 atom stereocenters. The van der Waals surface area contributed by atoms with Crippen LogP contribution in [0.15, 0.2) is 12.3 Å². The van der Waals surface area contributed by atoms with Gasteiger partial charge in [0, 0.05) is 24.6 Å². The smallest absolute Gasteiger partial charge is 0.276 e.